The lowest BCUT2D eigenvalue weighted by molar-refractivity contribution is 0.138. The molecule has 1 radical (unpaired) electrons. The zero-order valence-electron chi connectivity index (χ0n) is 6.81. The van der Waals surface area contributed by atoms with Gasteiger partial charge in [-0.25, -0.2) is 0 Å². The molecule has 1 atom stereocenters. The first-order chi connectivity index (χ1) is 4.85. The number of unbranched alkanes of at least 4 members (excludes halogenated alkanes) is 2. The second-order valence-electron chi connectivity index (χ2n) is 2.36. The van der Waals surface area contributed by atoms with Crippen LogP contribution in [0.5, 0.6) is 0 Å². The van der Waals surface area contributed by atoms with E-state index in [1.807, 2.05) is 0 Å². The first-order valence-electron chi connectivity index (χ1n) is 3.80. The average Bonchev–Trinajstić information content (AvgIpc) is 1.99. The molecule has 0 aliphatic rings. The minimum Gasteiger partial charge on any atom is -0.369 e. The molecule has 10 heavy (non-hydrogen) atoms. The summed E-state index contributed by atoms with van der Waals surface area (Å²) in [4.78, 5) is 0. The number of hydrogen-bond donors (Lipinski definition) is 0. The van der Waals surface area contributed by atoms with Crippen molar-refractivity contribution >= 4 is 0 Å². The van der Waals surface area contributed by atoms with E-state index < -0.39 is 0 Å². The second kappa shape index (κ2) is 6.64. The van der Waals surface area contributed by atoms with Crippen molar-refractivity contribution in [2.75, 3.05) is 7.11 Å². The Morgan fingerprint density at radius 2 is 2.20 bits per heavy atom. The highest BCUT2D eigenvalue weighted by Gasteiger charge is 1.99. The highest BCUT2D eigenvalue weighted by Crippen LogP contribution is 2.04. The van der Waals surface area contributed by atoms with Crippen LogP contribution in [-0.4, -0.2) is 13.2 Å². The largest absolute Gasteiger partial charge is 0.369 e. The molecule has 0 aromatic heterocycles. The van der Waals surface area contributed by atoms with E-state index in [9.17, 15) is 0 Å². The van der Waals surface area contributed by atoms with Gasteiger partial charge in [0.05, 0.1) is 0 Å². The second-order valence-corrected chi connectivity index (χ2v) is 2.36. The Labute approximate surface area is 63.8 Å². The van der Waals surface area contributed by atoms with Crippen LogP contribution in [0.3, 0.4) is 0 Å². The molecule has 0 aromatic carbocycles. The van der Waals surface area contributed by atoms with Gasteiger partial charge in [-0.2, -0.15) is 0 Å². The van der Waals surface area contributed by atoms with Crippen LogP contribution >= 0.6 is 0 Å². The molecule has 0 aliphatic carbocycles. The van der Waals surface area contributed by atoms with E-state index in [0.717, 1.165) is 12.8 Å². The third-order valence-electron chi connectivity index (χ3n) is 1.52. The molecule has 0 heterocycles. The number of ether oxygens (including phenoxy) is 1. The summed E-state index contributed by atoms with van der Waals surface area (Å²) in [6.45, 7) is 2.16. The molecule has 0 N–H and O–H groups in total. The lowest BCUT2D eigenvalue weighted by atomic mass is 10.1. The van der Waals surface area contributed by atoms with Crippen LogP contribution in [0, 0.1) is 12.3 Å². The first kappa shape index (κ1) is 9.52. The van der Waals surface area contributed by atoms with Gasteiger partial charge < -0.3 is 4.74 Å². The molecule has 0 amide bonds. The Morgan fingerprint density at radius 1 is 1.50 bits per heavy atom. The van der Waals surface area contributed by atoms with Gasteiger partial charge in [-0.1, -0.05) is 25.7 Å². The number of methoxy groups -OCH3 is 1. The van der Waals surface area contributed by atoms with Crippen LogP contribution < -0.4 is 0 Å². The van der Waals surface area contributed by atoms with Gasteiger partial charge >= 0.3 is 0 Å². The van der Waals surface area contributed by atoms with E-state index in [0.29, 0.717) is 0 Å². The maximum atomic E-state index is 6.82. The highest BCUT2D eigenvalue weighted by molar-refractivity contribution is 4.87. The van der Waals surface area contributed by atoms with Gasteiger partial charge in [0, 0.05) is 7.11 Å². The van der Waals surface area contributed by atoms with Crippen molar-refractivity contribution in [1.82, 2.24) is 0 Å². The predicted molar refractivity (Wildman–Crippen MR) is 42.1 cm³/mol. The Bertz CT molecular complexity index is 102. The Balaban J connectivity index is 3.20. The summed E-state index contributed by atoms with van der Waals surface area (Å²) < 4.78 is 4.95. The van der Waals surface area contributed by atoms with Crippen molar-refractivity contribution < 1.29 is 4.74 Å². The van der Waals surface area contributed by atoms with Gasteiger partial charge in [0.25, 0.3) is 0 Å². The molecule has 1 unspecified atom stereocenters. The SMILES string of the molecule is [C]#CC(CCCCC)OC. The third-order valence-corrected chi connectivity index (χ3v) is 1.52. The summed E-state index contributed by atoms with van der Waals surface area (Å²) >= 11 is 0. The van der Waals surface area contributed by atoms with Gasteiger partial charge in [-0.3, -0.25) is 0 Å². The first-order valence-corrected chi connectivity index (χ1v) is 3.80. The summed E-state index contributed by atoms with van der Waals surface area (Å²) in [5, 5.41) is 0. The Hall–Kier alpha value is -0.480. The number of hydrogen-bond acceptors (Lipinski definition) is 1. The molecule has 0 aliphatic heterocycles. The van der Waals surface area contributed by atoms with E-state index in [2.05, 4.69) is 12.8 Å². The Morgan fingerprint density at radius 3 is 2.60 bits per heavy atom. The highest BCUT2D eigenvalue weighted by atomic mass is 16.5. The Kier molecular flexibility index (Phi) is 6.32. The zero-order chi connectivity index (χ0) is 7.82. The van der Waals surface area contributed by atoms with E-state index in [1.165, 1.54) is 12.8 Å². The van der Waals surface area contributed by atoms with Gasteiger partial charge in [0.15, 0.2) is 0 Å². The molecule has 0 bridgehead atoms. The fourth-order valence-corrected chi connectivity index (χ4v) is 0.829. The molecule has 0 saturated heterocycles. The average molecular weight is 139 g/mol. The molecule has 0 rings (SSSR count). The van der Waals surface area contributed by atoms with Crippen LogP contribution in [0.15, 0.2) is 0 Å². The van der Waals surface area contributed by atoms with Crippen LogP contribution in [0.4, 0.5) is 0 Å². The lowest BCUT2D eigenvalue weighted by Gasteiger charge is -2.06. The molecule has 1 nitrogen and oxygen atoms in total. The van der Waals surface area contributed by atoms with Crippen molar-refractivity contribution in [1.29, 1.82) is 0 Å². The summed E-state index contributed by atoms with van der Waals surface area (Å²) in [5.41, 5.74) is 0. The van der Waals surface area contributed by atoms with Crippen molar-refractivity contribution in [3.63, 3.8) is 0 Å². The summed E-state index contributed by atoms with van der Waals surface area (Å²) in [6, 6.07) is 0. The monoisotopic (exact) mass is 139 g/mol. The molecule has 0 saturated carbocycles. The van der Waals surface area contributed by atoms with E-state index in [-0.39, 0.29) is 6.10 Å². The summed E-state index contributed by atoms with van der Waals surface area (Å²) in [6.07, 6.45) is 11.3. The minimum absolute atomic E-state index is 0.0773. The molecule has 0 spiro atoms. The van der Waals surface area contributed by atoms with E-state index in [1.54, 1.807) is 7.11 Å². The number of rotatable bonds is 5. The lowest BCUT2D eigenvalue weighted by Crippen LogP contribution is -2.06. The van der Waals surface area contributed by atoms with Crippen LogP contribution in [0.1, 0.15) is 32.6 Å². The third kappa shape index (κ3) is 4.40. The molecule has 0 aromatic rings. The molecular formula is C9H15O. The summed E-state index contributed by atoms with van der Waals surface area (Å²) in [5.74, 6) is 2.34. The zero-order valence-corrected chi connectivity index (χ0v) is 6.81. The van der Waals surface area contributed by atoms with E-state index in [4.69, 9.17) is 11.2 Å². The van der Waals surface area contributed by atoms with E-state index >= 15 is 0 Å². The van der Waals surface area contributed by atoms with Gasteiger partial charge in [0.1, 0.15) is 6.10 Å². The molecule has 57 valence electrons. The minimum atomic E-state index is -0.0773. The van der Waals surface area contributed by atoms with Crippen LogP contribution in [-0.2, 0) is 4.74 Å². The fourth-order valence-electron chi connectivity index (χ4n) is 0.829. The standard InChI is InChI=1S/C9H15O/c1-4-6-7-8-9(5-2)10-3/h9H,4,6-8H2,1,3H3. The summed E-state index contributed by atoms with van der Waals surface area (Å²) in [7, 11) is 1.62. The quantitative estimate of drug-likeness (QED) is 0.419. The maximum Gasteiger partial charge on any atom is 0.118 e. The van der Waals surface area contributed by atoms with Gasteiger partial charge in [0.2, 0.25) is 0 Å². The predicted octanol–water partition coefficient (Wildman–Crippen LogP) is 2.17. The molecule has 1 heteroatoms. The maximum absolute atomic E-state index is 6.82. The van der Waals surface area contributed by atoms with Crippen LogP contribution in [0.25, 0.3) is 0 Å². The topological polar surface area (TPSA) is 9.23 Å². The smallest absolute Gasteiger partial charge is 0.118 e. The normalized spacial score (nSPS) is 12.5. The fraction of sp³-hybridized carbons (Fsp3) is 0.778. The van der Waals surface area contributed by atoms with Gasteiger partial charge in [-0.15, -0.1) is 0 Å². The van der Waals surface area contributed by atoms with Crippen molar-refractivity contribution in [3.8, 4) is 5.92 Å². The molecular weight excluding hydrogens is 124 g/mol. The molecule has 0 fully saturated rings. The van der Waals surface area contributed by atoms with Gasteiger partial charge in [-0.05, 0) is 19.3 Å². The van der Waals surface area contributed by atoms with Crippen molar-refractivity contribution in [3.05, 3.63) is 6.42 Å². The van der Waals surface area contributed by atoms with Crippen LogP contribution in [0.2, 0.25) is 0 Å². The van der Waals surface area contributed by atoms with Crippen molar-refractivity contribution in [2.45, 2.75) is 38.7 Å². The van der Waals surface area contributed by atoms with Crippen molar-refractivity contribution in [2.24, 2.45) is 0 Å².